The van der Waals surface area contributed by atoms with Gasteiger partial charge in [-0.25, -0.2) is 4.79 Å². The van der Waals surface area contributed by atoms with E-state index in [-0.39, 0.29) is 11.8 Å². The third-order valence-corrected chi connectivity index (χ3v) is 2.69. The third kappa shape index (κ3) is 1.87. The molecule has 0 spiro atoms. The van der Waals surface area contributed by atoms with Crippen molar-refractivity contribution < 1.29 is 19.7 Å². The van der Waals surface area contributed by atoms with Crippen LogP contribution < -0.4 is 5.73 Å². The second kappa shape index (κ2) is 4.11. The van der Waals surface area contributed by atoms with E-state index in [2.05, 4.69) is 0 Å². The summed E-state index contributed by atoms with van der Waals surface area (Å²) in [7, 11) is 0. The van der Waals surface area contributed by atoms with Crippen LogP contribution in [0.4, 0.5) is 0 Å². The number of phenolic OH excluding ortho intramolecular Hbond substituents is 1. The number of benzene rings is 1. The second-order valence-electron chi connectivity index (χ2n) is 3.84. The molecular weight excluding hydrogens is 210 g/mol. The molecule has 1 aromatic rings. The molecule has 0 aliphatic heterocycles. The van der Waals surface area contributed by atoms with E-state index in [1.54, 1.807) is 12.1 Å². The van der Waals surface area contributed by atoms with Gasteiger partial charge in [0.2, 0.25) is 0 Å². The molecule has 2 atom stereocenters. The molecule has 0 saturated carbocycles. The van der Waals surface area contributed by atoms with Gasteiger partial charge in [0, 0.05) is 11.6 Å². The molecule has 2 unspecified atom stereocenters. The Morgan fingerprint density at radius 2 is 2.31 bits per heavy atom. The summed E-state index contributed by atoms with van der Waals surface area (Å²) >= 11 is 0. The van der Waals surface area contributed by atoms with Crippen LogP contribution in [-0.4, -0.2) is 28.8 Å². The van der Waals surface area contributed by atoms with E-state index in [1.807, 2.05) is 6.07 Å². The Balaban J connectivity index is 2.24. The largest absolute Gasteiger partial charge is 0.508 e. The maximum absolute atomic E-state index is 10.4. The van der Waals surface area contributed by atoms with Crippen molar-refractivity contribution in [2.45, 2.75) is 18.6 Å². The Hall–Kier alpha value is -1.59. The summed E-state index contributed by atoms with van der Waals surface area (Å²) in [6.07, 6.45) is 0.0564. The maximum Gasteiger partial charge on any atom is 0.329 e. The number of hydrogen-bond acceptors (Lipinski definition) is 4. The van der Waals surface area contributed by atoms with Gasteiger partial charge in [0.25, 0.3) is 0 Å². The molecule has 86 valence electrons. The third-order valence-electron chi connectivity index (χ3n) is 2.69. The maximum atomic E-state index is 10.4. The highest BCUT2D eigenvalue weighted by molar-refractivity contribution is 5.68. The van der Waals surface area contributed by atoms with E-state index in [1.165, 1.54) is 0 Å². The van der Waals surface area contributed by atoms with Gasteiger partial charge in [0.15, 0.2) is 0 Å². The number of nitrogens with two attached hydrogens (primary N) is 1. The normalized spacial score (nSPS) is 23.1. The first kappa shape index (κ1) is 10.9. The van der Waals surface area contributed by atoms with Gasteiger partial charge in [0.1, 0.15) is 18.5 Å². The van der Waals surface area contributed by atoms with Crippen LogP contribution >= 0.6 is 0 Å². The van der Waals surface area contributed by atoms with Crippen molar-refractivity contribution >= 4 is 5.97 Å². The first-order valence-electron chi connectivity index (χ1n) is 4.99. The molecule has 0 fully saturated rings. The van der Waals surface area contributed by atoms with E-state index in [0.717, 1.165) is 5.56 Å². The SMILES string of the molecule is NC1Cc2cccc(O)c2C1OCC(=O)O. The van der Waals surface area contributed by atoms with Gasteiger partial charge in [-0.2, -0.15) is 0 Å². The lowest BCUT2D eigenvalue weighted by Gasteiger charge is -2.17. The second-order valence-corrected chi connectivity index (χ2v) is 3.84. The number of aromatic hydroxyl groups is 1. The summed E-state index contributed by atoms with van der Waals surface area (Å²) in [6.45, 7) is -0.411. The van der Waals surface area contributed by atoms with Gasteiger partial charge in [-0.15, -0.1) is 0 Å². The quantitative estimate of drug-likeness (QED) is 0.690. The number of hydrogen-bond donors (Lipinski definition) is 3. The Bertz CT molecular complexity index is 418. The summed E-state index contributed by atoms with van der Waals surface area (Å²) in [4.78, 5) is 10.4. The van der Waals surface area contributed by atoms with Crippen molar-refractivity contribution in [3.05, 3.63) is 29.3 Å². The van der Waals surface area contributed by atoms with Gasteiger partial charge < -0.3 is 20.7 Å². The van der Waals surface area contributed by atoms with Crippen molar-refractivity contribution in [3.8, 4) is 5.75 Å². The Morgan fingerprint density at radius 3 is 3.00 bits per heavy atom. The van der Waals surface area contributed by atoms with Gasteiger partial charge in [-0.3, -0.25) is 0 Å². The van der Waals surface area contributed by atoms with Crippen LogP contribution in [0.1, 0.15) is 17.2 Å². The van der Waals surface area contributed by atoms with Gasteiger partial charge in [0.05, 0.1) is 0 Å². The average Bonchev–Trinajstić information content (AvgIpc) is 2.52. The minimum absolute atomic E-state index is 0.112. The van der Waals surface area contributed by atoms with E-state index in [0.29, 0.717) is 12.0 Å². The minimum atomic E-state index is -1.05. The molecule has 2 rings (SSSR count). The number of fused-ring (bicyclic) bond motifs is 1. The average molecular weight is 223 g/mol. The smallest absolute Gasteiger partial charge is 0.329 e. The summed E-state index contributed by atoms with van der Waals surface area (Å²) in [5, 5.41) is 18.3. The minimum Gasteiger partial charge on any atom is -0.508 e. The molecule has 1 aromatic carbocycles. The van der Waals surface area contributed by atoms with Crippen molar-refractivity contribution in [1.29, 1.82) is 0 Å². The molecular formula is C11H13NO4. The topological polar surface area (TPSA) is 92.8 Å². The summed E-state index contributed by atoms with van der Waals surface area (Å²) in [5.74, 6) is -0.933. The molecule has 5 heteroatoms. The molecule has 0 bridgehead atoms. The number of carbonyl (C=O) groups is 1. The summed E-state index contributed by atoms with van der Waals surface area (Å²) in [6, 6.07) is 4.84. The molecule has 0 saturated heterocycles. The fourth-order valence-electron chi connectivity index (χ4n) is 2.05. The van der Waals surface area contributed by atoms with Crippen LogP contribution in [0, 0.1) is 0 Å². The molecule has 16 heavy (non-hydrogen) atoms. The predicted octanol–water partition coefficient (Wildman–Crippen LogP) is 0.418. The molecule has 4 N–H and O–H groups in total. The molecule has 0 heterocycles. The van der Waals surface area contributed by atoms with E-state index in [4.69, 9.17) is 15.6 Å². The Kier molecular flexibility index (Phi) is 2.80. The Morgan fingerprint density at radius 1 is 1.56 bits per heavy atom. The Labute approximate surface area is 92.5 Å². The zero-order valence-electron chi connectivity index (χ0n) is 8.59. The van der Waals surface area contributed by atoms with Crippen LogP contribution in [0.2, 0.25) is 0 Å². The molecule has 0 radical (unpaired) electrons. The number of carboxylic acids is 1. The van der Waals surface area contributed by atoms with Crippen molar-refractivity contribution in [2.75, 3.05) is 6.61 Å². The van der Waals surface area contributed by atoms with Crippen molar-refractivity contribution in [1.82, 2.24) is 0 Å². The lowest BCUT2D eigenvalue weighted by Crippen LogP contribution is -2.28. The van der Waals surface area contributed by atoms with Crippen LogP contribution in [0.15, 0.2) is 18.2 Å². The molecule has 0 aromatic heterocycles. The van der Waals surface area contributed by atoms with Crippen molar-refractivity contribution in [3.63, 3.8) is 0 Å². The fourth-order valence-corrected chi connectivity index (χ4v) is 2.05. The summed E-state index contributed by atoms with van der Waals surface area (Å²) in [5.41, 5.74) is 7.40. The van der Waals surface area contributed by atoms with Crippen LogP contribution in [-0.2, 0) is 16.0 Å². The van der Waals surface area contributed by atoms with Crippen LogP contribution in [0.25, 0.3) is 0 Å². The standard InChI is InChI=1S/C11H13NO4/c12-7-4-6-2-1-3-8(13)10(6)11(7)16-5-9(14)15/h1-3,7,11,13H,4-5,12H2,(H,14,15). The number of rotatable bonds is 3. The zero-order valence-corrected chi connectivity index (χ0v) is 8.59. The van der Waals surface area contributed by atoms with Gasteiger partial charge in [-0.05, 0) is 18.1 Å². The van der Waals surface area contributed by atoms with Crippen LogP contribution in [0.3, 0.4) is 0 Å². The highest BCUT2D eigenvalue weighted by atomic mass is 16.5. The number of aliphatic carboxylic acids is 1. The highest BCUT2D eigenvalue weighted by Gasteiger charge is 2.33. The number of ether oxygens (including phenoxy) is 1. The predicted molar refractivity (Wildman–Crippen MR) is 56.1 cm³/mol. The molecule has 1 aliphatic carbocycles. The van der Waals surface area contributed by atoms with Gasteiger partial charge in [-0.1, -0.05) is 12.1 Å². The molecule has 5 nitrogen and oxygen atoms in total. The fraction of sp³-hybridized carbons (Fsp3) is 0.364. The first-order chi connectivity index (χ1) is 7.59. The first-order valence-corrected chi connectivity index (χ1v) is 4.99. The van der Waals surface area contributed by atoms with E-state index in [9.17, 15) is 9.90 Å². The highest BCUT2D eigenvalue weighted by Crippen LogP contribution is 2.38. The lowest BCUT2D eigenvalue weighted by molar-refractivity contribution is -0.144. The number of carboxylic acid groups (broad SMARTS) is 1. The van der Waals surface area contributed by atoms with Gasteiger partial charge >= 0.3 is 5.97 Å². The number of phenols is 1. The zero-order chi connectivity index (χ0) is 11.7. The lowest BCUT2D eigenvalue weighted by atomic mass is 10.1. The monoisotopic (exact) mass is 223 g/mol. The molecule has 0 amide bonds. The van der Waals surface area contributed by atoms with Crippen LogP contribution in [0.5, 0.6) is 5.75 Å². The van der Waals surface area contributed by atoms with E-state index >= 15 is 0 Å². The van der Waals surface area contributed by atoms with E-state index < -0.39 is 18.7 Å². The van der Waals surface area contributed by atoms with Crippen molar-refractivity contribution in [2.24, 2.45) is 5.73 Å². The summed E-state index contributed by atoms with van der Waals surface area (Å²) < 4.78 is 5.20. The molecule has 1 aliphatic rings.